The van der Waals surface area contributed by atoms with Crippen molar-refractivity contribution in [3.05, 3.63) is 30.3 Å². The monoisotopic (exact) mass is 1290 g/mol. The SMILES string of the molecule is O=S(=O)(Oc1cc(OS(=O)(=O)C(F)(F)F)c2c3c(OS(=O)(=O)C(F)(F)F)cc(OS(=O)(=O)C(F)(F)F)c4c(OS(=O)(=O)C(F)(F)F)cc(OS(=O)(=O)C(F)(F)F)c(c5c(OS(=O)(=O)C(F)(F)F)ccc1c52)c43)C(F)(F)F. The Morgan fingerprint density at radius 1 is 0.224 bits per heavy atom. The zero-order valence-electron chi connectivity index (χ0n) is 33.3. The third-order valence-electron chi connectivity index (χ3n) is 8.33. The van der Waals surface area contributed by atoms with Crippen LogP contribution in [0.5, 0.6) is 40.2 Å². The molecule has 0 unspecified atom stereocenters. The van der Waals surface area contributed by atoms with Crippen LogP contribution in [0.4, 0.5) is 92.2 Å². The average Bonchev–Trinajstić information content (AvgIpc) is 3.15. The van der Waals surface area contributed by atoms with Gasteiger partial charge in [-0.3, -0.25) is 0 Å². The molecule has 0 spiro atoms. The van der Waals surface area contributed by atoms with Crippen LogP contribution in [0.1, 0.15) is 0 Å². The van der Waals surface area contributed by atoms with Crippen LogP contribution in [0.25, 0.3) is 43.1 Å². The molecule has 0 bridgehead atoms. The average molecular weight is 1290 g/mol. The van der Waals surface area contributed by atoms with Gasteiger partial charge in [0.1, 0.15) is 0 Å². The van der Waals surface area contributed by atoms with Crippen LogP contribution in [-0.2, 0) is 70.8 Å². The van der Waals surface area contributed by atoms with E-state index in [4.69, 9.17) is 0 Å². The Labute approximate surface area is 402 Å². The van der Waals surface area contributed by atoms with Crippen LogP contribution in [0.2, 0.25) is 0 Å². The van der Waals surface area contributed by atoms with Crippen molar-refractivity contribution in [2.24, 2.45) is 0 Å². The third-order valence-corrected chi connectivity index (χ3v) is 15.1. The van der Waals surface area contributed by atoms with E-state index in [1.54, 1.807) is 0 Å². The Bertz CT molecular complexity index is 3920. The van der Waals surface area contributed by atoms with Crippen LogP contribution in [0.15, 0.2) is 30.3 Å². The molecule has 0 fully saturated rings. The Morgan fingerprint density at radius 3 is 0.658 bits per heavy atom. The molecule has 0 aliphatic heterocycles. The lowest BCUT2D eigenvalue weighted by Gasteiger charge is -2.25. The standard InChI is InChI=1S/C27H5F21O21S7/c28-21(29,30)70(49,50)63-7-2-1-6-8(64-71(51,52)22(31,32)33)3-11(67-74(57,58)25(40,41)42)17-14(6)16(7)18-12(68-75(59,60)26(43,44)45)4-9(65-72(53,54)23(34,35)36)15-10(66-73(55,56)24(37,38)39)5-13(19(17)20(15)18)69-76(61,62)27(46,47)48/h1-5H. The molecule has 0 amide bonds. The Hall–Kier alpha value is -5.82. The molecular weight excluding hydrogens is 1280 g/mol. The Balaban J connectivity index is 2.51. The molecule has 0 aliphatic carbocycles. The van der Waals surface area contributed by atoms with Crippen molar-refractivity contribution in [1.82, 2.24) is 0 Å². The van der Waals surface area contributed by atoms with Crippen molar-refractivity contribution in [1.29, 1.82) is 0 Å². The van der Waals surface area contributed by atoms with E-state index in [-0.39, 0.29) is 0 Å². The number of halogens is 21. The van der Waals surface area contributed by atoms with Crippen molar-refractivity contribution in [3.8, 4) is 40.2 Å². The zero-order valence-corrected chi connectivity index (χ0v) is 39.0. The highest BCUT2D eigenvalue weighted by Crippen LogP contribution is 2.59. The van der Waals surface area contributed by atoms with Gasteiger partial charge < -0.3 is 29.3 Å². The molecular formula is C27H5F21O21S7. The summed E-state index contributed by atoms with van der Waals surface area (Å²) in [5, 5.41) is -21.4. The number of benzene rings is 5. The fourth-order valence-electron chi connectivity index (χ4n) is 5.57. The lowest BCUT2D eigenvalue weighted by molar-refractivity contribution is -0.0507. The van der Waals surface area contributed by atoms with Crippen LogP contribution in [0.3, 0.4) is 0 Å². The fourth-order valence-corrected chi connectivity index (χ4v) is 8.82. The minimum atomic E-state index is -7.94. The van der Waals surface area contributed by atoms with Crippen molar-refractivity contribution in [3.63, 3.8) is 0 Å². The number of hydrogen-bond donors (Lipinski definition) is 0. The van der Waals surface area contributed by atoms with Gasteiger partial charge in [-0.25, -0.2) is 0 Å². The molecule has 428 valence electrons. The van der Waals surface area contributed by atoms with Gasteiger partial charge in [-0.1, -0.05) is 0 Å². The third kappa shape index (κ3) is 10.8. The van der Waals surface area contributed by atoms with Crippen LogP contribution < -0.4 is 29.3 Å². The summed E-state index contributed by atoms with van der Waals surface area (Å²) >= 11 is 0. The molecule has 5 rings (SSSR count). The second-order valence-electron chi connectivity index (χ2n) is 13.2. The van der Waals surface area contributed by atoms with Crippen LogP contribution >= 0.6 is 0 Å². The molecule has 0 aliphatic rings. The molecule has 0 aromatic heterocycles. The van der Waals surface area contributed by atoms with Gasteiger partial charge in [0.15, 0.2) is 40.2 Å². The van der Waals surface area contributed by atoms with E-state index in [0.29, 0.717) is 0 Å². The molecule has 76 heavy (non-hydrogen) atoms. The number of alkyl halides is 21. The van der Waals surface area contributed by atoms with Gasteiger partial charge in [-0.05, 0) is 12.1 Å². The zero-order chi connectivity index (χ0) is 59.1. The van der Waals surface area contributed by atoms with Gasteiger partial charge in [0.25, 0.3) is 0 Å². The van der Waals surface area contributed by atoms with Gasteiger partial charge in [0.05, 0.1) is 5.39 Å². The Kier molecular flexibility index (Phi) is 14.1. The molecule has 0 saturated heterocycles. The first-order valence-electron chi connectivity index (χ1n) is 16.7. The summed E-state index contributed by atoms with van der Waals surface area (Å²) < 4.78 is 492. The minimum Gasteiger partial charge on any atom is -0.375 e. The highest BCUT2D eigenvalue weighted by atomic mass is 32.2. The van der Waals surface area contributed by atoms with E-state index in [1.807, 2.05) is 0 Å². The van der Waals surface area contributed by atoms with Gasteiger partial charge in [-0.15, -0.1) is 0 Å². The molecule has 0 N–H and O–H groups in total. The topological polar surface area (TPSA) is 304 Å². The van der Waals surface area contributed by atoms with Crippen molar-refractivity contribution < 1.29 is 180 Å². The lowest BCUT2D eigenvalue weighted by atomic mass is 9.87. The van der Waals surface area contributed by atoms with Gasteiger partial charge >= 0.3 is 109 Å². The van der Waals surface area contributed by atoms with Gasteiger partial charge in [0, 0.05) is 55.9 Å². The maximum absolute atomic E-state index is 14.0. The number of rotatable bonds is 14. The summed E-state index contributed by atoms with van der Waals surface area (Å²) in [5.41, 5.74) is -49.4. The summed E-state index contributed by atoms with van der Waals surface area (Å²) in [7, 11) is -54.8. The maximum atomic E-state index is 14.0. The minimum absolute atomic E-state index is 0.449. The van der Waals surface area contributed by atoms with Crippen LogP contribution in [-0.4, -0.2) is 97.5 Å². The first-order valence-corrected chi connectivity index (χ1v) is 26.6. The molecule has 49 heteroatoms. The lowest BCUT2D eigenvalue weighted by Crippen LogP contribution is -2.30. The number of fused-ring (bicyclic) bond motifs is 2. The van der Waals surface area contributed by atoms with E-state index in [9.17, 15) is 151 Å². The largest absolute Gasteiger partial charge is 0.534 e. The summed E-state index contributed by atoms with van der Waals surface area (Å²) in [5.74, 6) is -20.7. The summed E-state index contributed by atoms with van der Waals surface area (Å²) in [6.07, 6.45) is 0. The Morgan fingerprint density at radius 2 is 0.408 bits per heavy atom. The first kappa shape index (κ1) is 61.0. The van der Waals surface area contributed by atoms with E-state index < -0.39 is 223 Å². The highest BCUT2D eigenvalue weighted by Gasteiger charge is 2.56. The molecule has 0 saturated carbocycles. The van der Waals surface area contributed by atoms with Gasteiger partial charge in [0.2, 0.25) is 0 Å². The molecule has 0 radical (unpaired) electrons. The maximum Gasteiger partial charge on any atom is 0.534 e. The summed E-state index contributed by atoms with van der Waals surface area (Å²) in [4.78, 5) is 0. The quantitative estimate of drug-likeness (QED) is 0.0345. The molecule has 0 heterocycles. The molecule has 0 atom stereocenters. The summed E-state index contributed by atoms with van der Waals surface area (Å²) in [6.45, 7) is 0. The van der Waals surface area contributed by atoms with E-state index in [0.717, 1.165) is 0 Å². The predicted molar refractivity (Wildman–Crippen MR) is 197 cm³/mol. The highest BCUT2D eigenvalue weighted by molar-refractivity contribution is 7.89. The van der Waals surface area contributed by atoms with Crippen molar-refractivity contribution >= 4 is 114 Å². The van der Waals surface area contributed by atoms with Crippen molar-refractivity contribution in [2.75, 3.05) is 0 Å². The van der Waals surface area contributed by atoms with E-state index >= 15 is 0 Å². The normalized spacial score (nSPS) is 14.9. The second kappa shape index (κ2) is 17.6. The second-order valence-corrected chi connectivity index (χ2v) is 24.0. The van der Waals surface area contributed by atoms with E-state index in [2.05, 4.69) is 29.3 Å². The number of hydrogen-bond acceptors (Lipinski definition) is 21. The molecule has 5 aromatic rings. The predicted octanol–water partition coefficient (Wildman–Crippen LogP) is 7.34. The molecule has 5 aromatic carbocycles. The fraction of sp³-hybridized carbons (Fsp3) is 0.259. The first-order chi connectivity index (χ1) is 33.3. The van der Waals surface area contributed by atoms with Crippen LogP contribution in [0, 0.1) is 0 Å². The molecule has 21 nitrogen and oxygen atoms in total. The smallest absolute Gasteiger partial charge is 0.375 e. The van der Waals surface area contributed by atoms with Crippen molar-refractivity contribution in [2.45, 2.75) is 38.6 Å². The van der Waals surface area contributed by atoms with E-state index in [1.165, 1.54) is 0 Å². The van der Waals surface area contributed by atoms with Gasteiger partial charge in [-0.2, -0.15) is 151 Å². The summed E-state index contributed by atoms with van der Waals surface area (Å²) in [6, 6.07) is -4.57.